The summed E-state index contributed by atoms with van der Waals surface area (Å²) in [7, 11) is 2.89. The standard InChI is InChI=1S/C22H25Cl2N3O6/c1-6-32-14-8-10-16(18(12-14)33-7-2)27(24)22(29)20(13(3)28)26-25-15-9-11-17(30-4)21(31-5)19(15)23/h8-12,20H,6-7H2,1-5H3. The lowest BCUT2D eigenvalue weighted by atomic mass is 10.2. The Morgan fingerprint density at radius 3 is 2.30 bits per heavy atom. The lowest BCUT2D eigenvalue weighted by Crippen LogP contribution is -2.36. The second-order valence-electron chi connectivity index (χ2n) is 6.48. The van der Waals surface area contributed by atoms with Crippen LogP contribution in [0.5, 0.6) is 23.0 Å². The number of carbonyl (C=O) groups is 2. The van der Waals surface area contributed by atoms with E-state index in [1.165, 1.54) is 27.2 Å². The van der Waals surface area contributed by atoms with E-state index in [-0.39, 0.29) is 22.1 Å². The summed E-state index contributed by atoms with van der Waals surface area (Å²) in [5.41, 5.74) is 0.420. The highest BCUT2D eigenvalue weighted by Crippen LogP contribution is 2.41. The molecule has 9 nitrogen and oxygen atoms in total. The van der Waals surface area contributed by atoms with Gasteiger partial charge in [0.2, 0.25) is 6.04 Å². The molecular weight excluding hydrogens is 473 g/mol. The second-order valence-corrected chi connectivity index (χ2v) is 7.19. The summed E-state index contributed by atoms with van der Waals surface area (Å²) in [5.74, 6) is 0.133. The Bertz CT molecular complexity index is 1030. The maximum atomic E-state index is 13.0. The quantitative estimate of drug-likeness (QED) is 0.234. The van der Waals surface area contributed by atoms with Gasteiger partial charge >= 0.3 is 0 Å². The molecule has 0 saturated heterocycles. The predicted molar refractivity (Wildman–Crippen MR) is 126 cm³/mol. The molecule has 2 rings (SSSR count). The van der Waals surface area contributed by atoms with Gasteiger partial charge in [0.1, 0.15) is 27.9 Å². The lowest BCUT2D eigenvalue weighted by Gasteiger charge is -2.20. The van der Waals surface area contributed by atoms with Crippen molar-refractivity contribution in [3.8, 4) is 23.0 Å². The molecular formula is C22H25Cl2N3O6. The van der Waals surface area contributed by atoms with Crippen LogP contribution in [0.2, 0.25) is 5.02 Å². The van der Waals surface area contributed by atoms with Gasteiger partial charge in [-0.15, -0.1) is 0 Å². The van der Waals surface area contributed by atoms with E-state index in [1.54, 1.807) is 31.2 Å². The van der Waals surface area contributed by atoms with Crippen LogP contribution in [0.4, 0.5) is 11.4 Å². The van der Waals surface area contributed by atoms with Gasteiger partial charge in [-0.2, -0.15) is 10.2 Å². The Hall–Kier alpha value is -3.04. The fourth-order valence-electron chi connectivity index (χ4n) is 2.79. The average molecular weight is 498 g/mol. The van der Waals surface area contributed by atoms with E-state index in [1.807, 2.05) is 6.92 Å². The van der Waals surface area contributed by atoms with Crippen LogP contribution in [0.15, 0.2) is 40.6 Å². The number of hydrogen-bond donors (Lipinski definition) is 0. The smallest absolute Gasteiger partial charge is 0.276 e. The largest absolute Gasteiger partial charge is 0.494 e. The van der Waals surface area contributed by atoms with Crippen molar-refractivity contribution in [3.05, 3.63) is 35.4 Å². The van der Waals surface area contributed by atoms with Crippen LogP contribution in [0, 0.1) is 0 Å². The van der Waals surface area contributed by atoms with Gasteiger partial charge in [0.15, 0.2) is 17.3 Å². The van der Waals surface area contributed by atoms with Gasteiger partial charge in [-0.1, -0.05) is 11.6 Å². The normalized spacial score (nSPS) is 11.7. The van der Waals surface area contributed by atoms with Crippen molar-refractivity contribution in [1.82, 2.24) is 0 Å². The Morgan fingerprint density at radius 1 is 1.03 bits per heavy atom. The third-order valence-electron chi connectivity index (χ3n) is 4.31. The topological polar surface area (TPSA) is 99.0 Å². The monoisotopic (exact) mass is 497 g/mol. The molecule has 11 heteroatoms. The van der Waals surface area contributed by atoms with Crippen molar-refractivity contribution < 1.29 is 28.5 Å². The van der Waals surface area contributed by atoms with Crippen LogP contribution in [0.25, 0.3) is 0 Å². The molecule has 1 amide bonds. The number of hydrogen-bond acceptors (Lipinski definition) is 8. The Morgan fingerprint density at radius 2 is 1.73 bits per heavy atom. The van der Waals surface area contributed by atoms with Gasteiger partial charge in [0, 0.05) is 17.8 Å². The first kappa shape index (κ1) is 26.2. The first-order chi connectivity index (χ1) is 15.8. The van der Waals surface area contributed by atoms with E-state index in [9.17, 15) is 9.59 Å². The number of Topliss-reactive ketones (excluding diaryl/α,β-unsaturated/α-hetero) is 1. The summed E-state index contributed by atoms with van der Waals surface area (Å²) in [5, 5.41) is 8.01. The molecule has 0 bridgehead atoms. The number of methoxy groups -OCH3 is 2. The molecule has 0 aliphatic carbocycles. The maximum Gasteiger partial charge on any atom is 0.276 e. The molecule has 0 fully saturated rings. The Kier molecular flexibility index (Phi) is 9.74. The third-order valence-corrected chi connectivity index (χ3v) is 5.03. The number of benzene rings is 2. The summed E-state index contributed by atoms with van der Waals surface area (Å²) in [6, 6.07) is 6.39. The highest BCUT2D eigenvalue weighted by Gasteiger charge is 2.30. The minimum Gasteiger partial charge on any atom is -0.494 e. The highest BCUT2D eigenvalue weighted by atomic mass is 35.5. The van der Waals surface area contributed by atoms with E-state index >= 15 is 0 Å². The van der Waals surface area contributed by atoms with Crippen molar-refractivity contribution >= 4 is 46.4 Å². The van der Waals surface area contributed by atoms with E-state index in [4.69, 9.17) is 42.3 Å². The van der Waals surface area contributed by atoms with Gasteiger partial charge in [-0.05, 0) is 45.0 Å². The number of ether oxygens (including phenoxy) is 4. The van der Waals surface area contributed by atoms with E-state index < -0.39 is 17.7 Å². The average Bonchev–Trinajstić information content (AvgIpc) is 2.79. The summed E-state index contributed by atoms with van der Waals surface area (Å²) in [6.07, 6.45) is 0. The van der Waals surface area contributed by atoms with Crippen LogP contribution in [0.3, 0.4) is 0 Å². The summed E-state index contributed by atoms with van der Waals surface area (Å²) >= 11 is 12.6. The second kappa shape index (κ2) is 12.3. The number of amides is 1. The fraction of sp³-hybridized carbons (Fsp3) is 0.364. The van der Waals surface area contributed by atoms with Crippen LogP contribution in [-0.2, 0) is 9.59 Å². The number of azo groups is 1. The molecule has 0 heterocycles. The zero-order valence-corrected chi connectivity index (χ0v) is 20.4. The summed E-state index contributed by atoms with van der Waals surface area (Å²) in [4.78, 5) is 25.2. The number of ketones is 1. The molecule has 178 valence electrons. The molecule has 0 saturated carbocycles. The molecule has 33 heavy (non-hydrogen) atoms. The van der Waals surface area contributed by atoms with Crippen molar-refractivity contribution in [3.63, 3.8) is 0 Å². The lowest BCUT2D eigenvalue weighted by molar-refractivity contribution is -0.126. The van der Waals surface area contributed by atoms with E-state index in [0.717, 1.165) is 4.42 Å². The first-order valence-corrected chi connectivity index (χ1v) is 10.7. The van der Waals surface area contributed by atoms with Crippen molar-refractivity contribution in [2.75, 3.05) is 31.9 Å². The summed E-state index contributed by atoms with van der Waals surface area (Å²) < 4.78 is 22.2. The van der Waals surface area contributed by atoms with Gasteiger partial charge < -0.3 is 18.9 Å². The number of carbonyl (C=O) groups excluding carboxylic acids is 2. The van der Waals surface area contributed by atoms with Gasteiger partial charge in [0.25, 0.3) is 5.91 Å². The molecule has 0 aliphatic heterocycles. The minimum absolute atomic E-state index is 0.114. The number of rotatable bonds is 11. The maximum absolute atomic E-state index is 13.0. The van der Waals surface area contributed by atoms with Gasteiger partial charge in [-0.3, -0.25) is 9.59 Å². The van der Waals surface area contributed by atoms with E-state index in [2.05, 4.69) is 10.2 Å². The predicted octanol–water partition coefficient (Wildman–Crippen LogP) is 5.38. The summed E-state index contributed by atoms with van der Waals surface area (Å²) in [6.45, 7) is 5.63. The molecule has 0 aliphatic rings. The molecule has 0 radical (unpaired) electrons. The van der Waals surface area contributed by atoms with Crippen LogP contribution >= 0.6 is 23.4 Å². The fourth-order valence-corrected chi connectivity index (χ4v) is 3.29. The van der Waals surface area contributed by atoms with E-state index in [0.29, 0.717) is 30.5 Å². The van der Waals surface area contributed by atoms with Gasteiger partial charge in [0.05, 0.1) is 27.4 Å². The molecule has 0 N–H and O–H groups in total. The van der Waals surface area contributed by atoms with Crippen molar-refractivity contribution in [2.24, 2.45) is 10.2 Å². The molecule has 0 aromatic heterocycles. The first-order valence-electron chi connectivity index (χ1n) is 10.00. The molecule has 1 unspecified atom stereocenters. The SMILES string of the molecule is CCOc1ccc(N(Cl)C(=O)C(N=Nc2ccc(OC)c(OC)c2Cl)C(C)=O)c(OCC)c1. The number of halogens is 2. The van der Waals surface area contributed by atoms with Crippen molar-refractivity contribution in [1.29, 1.82) is 0 Å². The zero-order chi connectivity index (χ0) is 24.5. The zero-order valence-electron chi connectivity index (χ0n) is 18.9. The van der Waals surface area contributed by atoms with Crippen molar-refractivity contribution in [2.45, 2.75) is 26.8 Å². The number of nitrogens with zero attached hydrogens (tertiary/aromatic N) is 3. The minimum atomic E-state index is -1.51. The van der Waals surface area contributed by atoms with Crippen LogP contribution in [0.1, 0.15) is 20.8 Å². The molecule has 2 aromatic carbocycles. The van der Waals surface area contributed by atoms with Crippen LogP contribution < -0.4 is 23.4 Å². The molecule has 1 atom stereocenters. The third kappa shape index (κ3) is 6.27. The van der Waals surface area contributed by atoms with Crippen LogP contribution in [-0.4, -0.2) is 45.2 Å². The highest BCUT2D eigenvalue weighted by molar-refractivity contribution is 6.39. The molecule has 2 aromatic rings. The Labute approximate surface area is 202 Å². The van der Waals surface area contributed by atoms with Gasteiger partial charge in [-0.25, -0.2) is 4.42 Å². The Balaban J connectivity index is 2.37. The number of anilines is 1. The molecule has 0 spiro atoms.